The number of urea groups is 1. The largest absolute Gasteiger partial charge is 0.370 e. The molecule has 8 nitrogen and oxygen atoms in total. The van der Waals surface area contributed by atoms with Crippen LogP contribution in [0.25, 0.3) is 22.5 Å². The first kappa shape index (κ1) is 28.1. The number of hydrogen-bond acceptors (Lipinski definition) is 5. The van der Waals surface area contributed by atoms with E-state index in [2.05, 4.69) is 61.3 Å². The van der Waals surface area contributed by atoms with Crippen molar-refractivity contribution in [1.82, 2.24) is 20.6 Å². The second-order valence-corrected chi connectivity index (χ2v) is 10.8. The summed E-state index contributed by atoms with van der Waals surface area (Å²) in [5.74, 6) is 0.569. The highest BCUT2D eigenvalue weighted by Gasteiger charge is 2.26. The lowest BCUT2D eigenvalue weighted by Crippen LogP contribution is -2.29. The van der Waals surface area contributed by atoms with Gasteiger partial charge in [-0.05, 0) is 88.5 Å². The predicted molar refractivity (Wildman–Crippen MR) is 169 cm³/mol. The van der Waals surface area contributed by atoms with Gasteiger partial charge in [0.05, 0.1) is 11.4 Å². The van der Waals surface area contributed by atoms with Gasteiger partial charge in [-0.3, -0.25) is 0 Å². The van der Waals surface area contributed by atoms with E-state index < -0.39 is 6.03 Å². The second kappa shape index (κ2) is 12.9. The molecule has 0 spiro atoms. The first-order valence-corrected chi connectivity index (χ1v) is 14.7. The van der Waals surface area contributed by atoms with Crippen molar-refractivity contribution in [1.29, 1.82) is 0 Å². The van der Waals surface area contributed by atoms with Crippen molar-refractivity contribution in [2.45, 2.75) is 38.5 Å². The Morgan fingerprint density at radius 1 is 0.930 bits per heavy atom. The maximum absolute atomic E-state index is 14.7. The average Bonchev–Trinajstić information content (AvgIpc) is 3.72. The van der Waals surface area contributed by atoms with Crippen LogP contribution in [0.2, 0.25) is 0 Å². The number of rotatable bonds is 11. The quantitative estimate of drug-likeness (QED) is 0.150. The van der Waals surface area contributed by atoms with E-state index in [0.29, 0.717) is 23.1 Å². The van der Waals surface area contributed by atoms with Gasteiger partial charge in [0.15, 0.2) is 5.82 Å². The van der Waals surface area contributed by atoms with Crippen molar-refractivity contribution in [2.75, 3.05) is 28.6 Å². The van der Waals surface area contributed by atoms with Gasteiger partial charge >= 0.3 is 6.03 Å². The number of tetrazole rings is 1. The number of benzene rings is 4. The molecule has 218 valence electrons. The van der Waals surface area contributed by atoms with Gasteiger partial charge in [0, 0.05) is 24.3 Å². The molecule has 0 saturated heterocycles. The standard InChI is InChI=1S/C34H34FN7O/c1-2-19-42(20-18-23-8-4-3-5-9-23)32-17-14-25(27-10-6-7-11-29(27)33-38-40-41-39-33)21-31(32)37-34(43)36-26-15-16-28(24-12-13-24)30(35)22-26/h3-11,14-17,21-22,24H,2,12-13,18-20H2,1H3,(H2,36,37,43)(H,38,39,40,41). The summed E-state index contributed by atoms with van der Waals surface area (Å²) in [5, 5.41) is 20.3. The number of halogens is 1. The highest BCUT2D eigenvalue weighted by Crippen LogP contribution is 2.42. The van der Waals surface area contributed by atoms with Gasteiger partial charge in [0.25, 0.3) is 0 Å². The summed E-state index contributed by atoms with van der Waals surface area (Å²) in [5.41, 5.74) is 6.59. The zero-order chi connectivity index (χ0) is 29.6. The number of H-pyrrole nitrogens is 1. The number of aromatic amines is 1. The summed E-state index contributed by atoms with van der Waals surface area (Å²) in [6.45, 7) is 3.74. The molecule has 1 saturated carbocycles. The molecule has 0 atom stereocenters. The van der Waals surface area contributed by atoms with Gasteiger partial charge in [0.2, 0.25) is 0 Å². The molecule has 43 heavy (non-hydrogen) atoms. The highest BCUT2D eigenvalue weighted by atomic mass is 19.1. The lowest BCUT2D eigenvalue weighted by atomic mass is 9.98. The summed E-state index contributed by atoms with van der Waals surface area (Å²) in [6, 6.07) is 28.8. The summed E-state index contributed by atoms with van der Waals surface area (Å²) < 4.78 is 14.7. The molecule has 6 rings (SSSR count). The Hall–Kier alpha value is -5.05. The van der Waals surface area contributed by atoms with Crippen molar-refractivity contribution < 1.29 is 9.18 Å². The fraction of sp³-hybridized carbons (Fsp3) is 0.235. The Bertz CT molecular complexity index is 1690. The van der Waals surface area contributed by atoms with Crippen molar-refractivity contribution in [3.63, 3.8) is 0 Å². The van der Waals surface area contributed by atoms with Crippen LogP contribution in [-0.4, -0.2) is 39.7 Å². The minimum atomic E-state index is -0.441. The van der Waals surface area contributed by atoms with Crippen LogP contribution in [0.15, 0.2) is 91.0 Å². The van der Waals surface area contributed by atoms with E-state index >= 15 is 0 Å². The third-order valence-electron chi connectivity index (χ3n) is 7.71. The molecular formula is C34H34FN7O. The van der Waals surface area contributed by atoms with E-state index in [1.807, 2.05) is 54.6 Å². The van der Waals surface area contributed by atoms with Crippen molar-refractivity contribution >= 4 is 23.1 Å². The zero-order valence-electron chi connectivity index (χ0n) is 24.1. The number of carbonyl (C=O) groups excluding carboxylic acids is 1. The van der Waals surface area contributed by atoms with Crippen LogP contribution in [0.1, 0.15) is 43.2 Å². The number of anilines is 3. The maximum Gasteiger partial charge on any atom is 0.323 e. The summed E-state index contributed by atoms with van der Waals surface area (Å²) in [7, 11) is 0. The molecular weight excluding hydrogens is 541 g/mol. The molecule has 0 radical (unpaired) electrons. The number of nitrogens with zero attached hydrogens (tertiary/aromatic N) is 4. The van der Waals surface area contributed by atoms with E-state index in [9.17, 15) is 9.18 Å². The minimum Gasteiger partial charge on any atom is -0.370 e. The van der Waals surface area contributed by atoms with Gasteiger partial charge in [-0.1, -0.05) is 73.7 Å². The third-order valence-corrected chi connectivity index (χ3v) is 7.71. The predicted octanol–water partition coefficient (Wildman–Crippen LogP) is 7.65. The van der Waals surface area contributed by atoms with Crippen LogP contribution in [0.5, 0.6) is 0 Å². The van der Waals surface area contributed by atoms with Gasteiger partial charge in [-0.25, -0.2) is 14.3 Å². The van der Waals surface area contributed by atoms with Gasteiger partial charge in [0.1, 0.15) is 5.82 Å². The Balaban J connectivity index is 1.32. The number of carbonyl (C=O) groups is 1. The van der Waals surface area contributed by atoms with Crippen LogP contribution in [0.4, 0.5) is 26.2 Å². The maximum atomic E-state index is 14.7. The third kappa shape index (κ3) is 6.72. The first-order chi connectivity index (χ1) is 21.1. The van der Waals surface area contributed by atoms with Crippen molar-refractivity contribution in [3.8, 4) is 22.5 Å². The minimum absolute atomic E-state index is 0.281. The fourth-order valence-corrected chi connectivity index (χ4v) is 5.44. The van der Waals surface area contributed by atoms with Crippen LogP contribution in [-0.2, 0) is 6.42 Å². The summed E-state index contributed by atoms with van der Waals surface area (Å²) in [4.78, 5) is 15.6. The van der Waals surface area contributed by atoms with E-state index in [-0.39, 0.29) is 5.82 Å². The first-order valence-electron chi connectivity index (χ1n) is 14.7. The number of amides is 2. The molecule has 0 unspecified atom stereocenters. The second-order valence-electron chi connectivity index (χ2n) is 10.8. The fourth-order valence-electron chi connectivity index (χ4n) is 5.44. The lowest BCUT2D eigenvalue weighted by molar-refractivity contribution is 0.262. The van der Waals surface area contributed by atoms with Gasteiger partial charge in [-0.15, -0.1) is 5.10 Å². The van der Waals surface area contributed by atoms with Crippen LogP contribution in [0, 0.1) is 5.82 Å². The van der Waals surface area contributed by atoms with Crippen LogP contribution >= 0.6 is 0 Å². The van der Waals surface area contributed by atoms with E-state index in [1.165, 1.54) is 11.6 Å². The number of hydrogen-bond donors (Lipinski definition) is 3. The molecule has 1 heterocycles. The lowest BCUT2D eigenvalue weighted by Gasteiger charge is -2.28. The smallest absolute Gasteiger partial charge is 0.323 e. The number of aromatic nitrogens is 4. The molecule has 0 bridgehead atoms. The SMILES string of the molecule is CCCN(CCc1ccccc1)c1ccc(-c2ccccc2-c2nnn[nH]2)cc1NC(=O)Nc1ccc(C2CC2)c(F)c1. The van der Waals surface area contributed by atoms with Gasteiger partial charge < -0.3 is 15.5 Å². The Labute approximate surface area is 250 Å². The topological polar surface area (TPSA) is 98.8 Å². The molecule has 4 aromatic carbocycles. The molecule has 1 aliphatic rings. The summed E-state index contributed by atoms with van der Waals surface area (Å²) >= 11 is 0. The molecule has 1 aromatic heterocycles. The average molecular weight is 576 g/mol. The van der Waals surface area contributed by atoms with E-state index in [0.717, 1.165) is 66.7 Å². The normalized spacial score (nSPS) is 12.6. The van der Waals surface area contributed by atoms with Crippen molar-refractivity contribution in [2.24, 2.45) is 0 Å². The van der Waals surface area contributed by atoms with Crippen molar-refractivity contribution in [3.05, 3.63) is 108 Å². The Morgan fingerprint density at radius 3 is 2.44 bits per heavy atom. The number of nitrogens with one attached hydrogen (secondary N) is 3. The highest BCUT2D eigenvalue weighted by molar-refractivity contribution is 6.02. The Morgan fingerprint density at radius 2 is 1.72 bits per heavy atom. The van der Waals surface area contributed by atoms with Crippen LogP contribution < -0.4 is 15.5 Å². The molecule has 5 aromatic rings. The molecule has 1 fully saturated rings. The molecule has 1 aliphatic carbocycles. The van der Waals surface area contributed by atoms with E-state index in [4.69, 9.17) is 0 Å². The molecule has 3 N–H and O–H groups in total. The molecule has 2 amide bonds. The molecule has 0 aliphatic heterocycles. The van der Waals surface area contributed by atoms with Gasteiger partial charge in [-0.2, -0.15) is 0 Å². The summed E-state index contributed by atoms with van der Waals surface area (Å²) in [6.07, 6.45) is 3.83. The van der Waals surface area contributed by atoms with Crippen LogP contribution in [0.3, 0.4) is 0 Å². The van der Waals surface area contributed by atoms with E-state index in [1.54, 1.807) is 12.1 Å². The Kier molecular flexibility index (Phi) is 8.40. The monoisotopic (exact) mass is 575 g/mol. The molecule has 9 heteroatoms. The zero-order valence-corrected chi connectivity index (χ0v) is 24.1.